The Morgan fingerprint density at radius 1 is 1.17 bits per heavy atom. The fraction of sp³-hybridized carbons (Fsp3) is 1.00. The van der Waals surface area contributed by atoms with Crippen molar-refractivity contribution in [2.45, 2.75) is 24.7 Å². The van der Waals surface area contributed by atoms with E-state index in [4.69, 9.17) is 13.8 Å². The second kappa shape index (κ2) is 7.61. The van der Waals surface area contributed by atoms with E-state index in [9.17, 15) is 25.3 Å². The predicted octanol–water partition coefficient (Wildman–Crippen LogP) is -3.12. The summed E-state index contributed by atoms with van der Waals surface area (Å²) in [5.41, 5.74) is 0. The third kappa shape index (κ3) is 8.26. The number of nitrogens with one attached hydrogen (secondary N) is 1. The van der Waals surface area contributed by atoms with Gasteiger partial charge >= 0.3 is 31.1 Å². The van der Waals surface area contributed by atoms with Gasteiger partial charge in [-0.2, -0.15) is 40.2 Å². The van der Waals surface area contributed by atoms with Gasteiger partial charge in [0.2, 0.25) is 0 Å². The second-order valence-corrected chi connectivity index (χ2v) is 7.72. The SMILES string of the molecule is NOS(=O)(=O)OC1CC(COS(=O)(=O)O)OCC1NS(=O)(=O)O. The molecule has 1 fully saturated rings. The van der Waals surface area contributed by atoms with Gasteiger partial charge in [0.25, 0.3) is 0 Å². The zero-order chi connectivity index (χ0) is 17.9. The molecule has 0 aliphatic carbocycles. The molecule has 138 valence electrons. The van der Waals surface area contributed by atoms with E-state index in [1.807, 2.05) is 0 Å². The molecule has 1 aliphatic heterocycles. The van der Waals surface area contributed by atoms with Crippen molar-refractivity contribution in [3.8, 4) is 0 Å². The molecule has 0 aromatic heterocycles. The molecule has 0 radical (unpaired) electrons. The van der Waals surface area contributed by atoms with E-state index in [2.05, 4.69) is 18.5 Å². The maximum atomic E-state index is 11.2. The van der Waals surface area contributed by atoms with Crippen molar-refractivity contribution in [1.82, 2.24) is 4.72 Å². The van der Waals surface area contributed by atoms with Crippen LogP contribution in [-0.4, -0.2) is 65.8 Å². The largest absolute Gasteiger partial charge is 0.416 e. The molecule has 0 spiro atoms. The van der Waals surface area contributed by atoms with E-state index in [1.54, 1.807) is 4.72 Å². The number of nitrogens with two attached hydrogens (primary N) is 1. The summed E-state index contributed by atoms with van der Waals surface area (Å²) >= 11 is 0. The molecule has 14 nitrogen and oxygen atoms in total. The lowest BCUT2D eigenvalue weighted by molar-refractivity contribution is -0.0698. The predicted molar refractivity (Wildman–Crippen MR) is 69.4 cm³/mol. The lowest BCUT2D eigenvalue weighted by Crippen LogP contribution is -2.53. The lowest BCUT2D eigenvalue weighted by Gasteiger charge is -2.34. The van der Waals surface area contributed by atoms with E-state index in [-0.39, 0.29) is 0 Å². The highest BCUT2D eigenvalue weighted by Gasteiger charge is 2.38. The van der Waals surface area contributed by atoms with Crippen molar-refractivity contribution < 1.29 is 51.7 Å². The topological polar surface area (TPSA) is 218 Å². The third-order valence-electron chi connectivity index (χ3n) is 2.52. The van der Waals surface area contributed by atoms with Crippen LogP contribution in [0.2, 0.25) is 0 Å². The first kappa shape index (κ1) is 20.6. The summed E-state index contributed by atoms with van der Waals surface area (Å²) < 4.78 is 101. The summed E-state index contributed by atoms with van der Waals surface area (Å²) in [6.07, 6.45) is -2.94. The van der Waals surface area contributed by atoms with Crippen LogP contribution in [0.1, 0.15) is 6.42 Å². The summed E-state index contributed by atoms with van der Waals surface area (Å²) in [6, 6.07) is -1.35. The molecular weight excluding hydrogens is 388 g/mol. The van der Waals surface area contributed by atoms with Crippen molar-refractivity contribution in [2.75, 3.05) is 13.2 Å². The van der Waals surface area contributed by atoms with Crippen LogP contribution in [-0.2, 0) is 48.5 Å². The Balaban J connectivity index is 2.83. The number of hydrogen-bond acceptors (Lipinski definition) is 11. The molecule has 3 unspecified atom stereocenters. The van der Waals surface area contributed by atoms with Crippen LogP contribution in [0.3, 0.4) is 0 Å². The molecule has 5 N–H and O–H groups in total. The van der Waals surface area contributed by atoms with E-state index < -0.39 is 69.0 Å². The highest BCUT2D eigenvalue weighted by Crippen LogP contribution is 2.21. The van der Waals surface area contributed by atoms with Crippen LogP contribution in [0.4, 0.5) is 0 Å². The van der Waals surface area contributed by atoms with Crippen molar-refractivity contribution in [3.63, 3.8) is 0 Å². The maximum absolute atomic E-state index is 11.2. The zero-order valence-corrected chi connectivity index (χ0v) is 13.6. The number of rotatable bonds is 8. The van der Waals surface area contributed by atoms with Gasteiger partial charge < -0.3 is 4.74 Å². The van der Waals surface area contributed by atoms with Crippen molar-refractivity contribution in [2.24, 2.45) is 5.90 Å². The van der Waals surface area contributed by atoms with Gasteiger partial charge in [0, 0.05) is 6.42 Å². The molecule has 1 heterocycles. The average molecular weight is 402 g/mol. The van der Waals surface area contributed by atoms with E-state index in [0.717, 1.165) is 0 Å². The van der Waals surface area contributed by atoms with E-state index >= 15 is 0 Å². The smallest absolute Gasteiger partial charge is 0.374 e. The van der Waals surface area contributed by atoms with Gasteiger partial charge in [0.1, 0.15) is 6.10 Å². The molecule has 0 bridgehead atoms. The minimum Gasteiger partial charge on any atom is -0.374 e. The summed E-state index contributed by atoms with van der Waals surface area (Å²) in [7, 11) is -14.2. The highest BCUT2D eigenvalue weighted by molar-refractivity contribution is 7.83. The third-order valence-corrected chi connectivity index (χ3v) is 4.27. The molecule has 0 saturated carbocycles. The monoisotopic (exact) mass is 402 g/mol. The van der Waals surface area contributed by atoms with Gasteiger partial charge in [-0.25, -0.2) is 8.37 Å². The van der Waals surface area contributed by atoms with Gasteiger partial charge in [0.15, 0.2) is 0 Å². The van der Waals surface area contributed by atoms with Crippen LogP contribution in [0.15, 0.2) is 0 Å². The molecule has 17 heteroatoms. The Bertz CT molecular complexity index is 699. The van der Waals surface area contributed by atoms with Crippen LogP contribution in [0, 0.1) is 0 Å². The van der Waals surface area contributed by atoms with Crippen LogP contribution in [0.25, 0.3) is 0 Å². The van der Waals surface area contributed by atoms with E-state index in [0.29, 0.717) is 0 Å². The van der Waals surface area contributed by atoms with Gasteiger partial charge in [-0.3, -0.25) is 9.11 Å². The Labute approximate surface area is 132 Å². The fourth-order valence-corrected chi connectivity index (χ4v) is 3.19. The molecular formula is C6H14N2O12S3. The number of ether oxygens (including phenoxy) is 1. The normalized spacial score (nSPS) is 27.0. The minimum atomic E-state index is -4.76. The summed E-state index contributed by atoms with van der Waals surface area (Å²) in [5.74, 6) is 4.48. The van der Waals surface area contributed by atoms with Gasteiger partial charge in [-0.1, -0.05) is 0 Å². The Morgan fingerprint density at radius 2 is 1.78 bits per heavy atom. The first-order valence-corrected chi connectivity index (χ1v) is 9.75. The van der Waals surface area contributed by atoms with E-state index in [1.165, 1.54) is 0 Å². The fourth-order valence-electron chi connectivity index (χ4n) is 1.70. The molecule has 1 rings (SSSR count). The Hall–Kier alpha value is -0.470. The van der Waals surface area contributed by atoms with Gasteiger partial charge in [0.05, 0.1) is 25.4 Å². The van der Waals surface area contributed by atoms with Crippen molar-refractivity contribution >= 4 is 31.1 Å². The maximum Gasteiger partial charge on any atom is 0.416 e. The van der Waals surface area contributed by atoms with Gasteiger partial charge in [-0.15, -0.1) is 0 Å². The molecule has 0 aromatic rings. The molecule has 0 aromatic carbocycles. The summed E-state index contributed by atoms with van der Waals surface area (Å²) in [4.78, 5) is 0. The number of hydrogen-bond donors (Lipinski definition) is 4. The molecule has 23 heavy (non-hydrogen) atoms. The Kier molecular flexibility index (Phi) is 6.81. The lowest BCUT2D eigenvalue weighted by atomic mass is 10.0. The summed E-state index contributed by atoms with van der Waals surface area (Å²) in [6.45, 7) is -1.20. The molecule has 1 saturated heterocycles. The first-order chi connectivity index (χ1) is 10.3. The van der Waals surface area contributed by atoms with Crippen LogP contribution >= 0.6 is 0 Å². The second-order valence-electron chi connectivity index (χ2n) is 4.24. The minimum absolute atomic E-state index is 0.398. The Morgan fingerprint density at radius 3 is 2.26 bits per heavy atom. The first-order valence-electron chi connectivity index (χ1n) is 5.61. The average Bonchev–Trinajstić information content (AvgIpc) is 2.36. The van der Waals surface area contributed by atoms with Crippen molar-refractivity contribution in [1.29, 1.82) is 0 Å². The zero-order valence-electron chi connectivity index (χ0n) is 11.1. The van der Waals surface area contributed by atoms with Crippen molar-refractivity contribution in [3.05, 3.63) is 0 Å². The van der Waals surface area contributed by atoms with Crippen LogP contribution in [0.5, 0.6) is 0 Å². The standard InChI is InChI=1S/C6H14N2O12S3/c7-20-23(15,16)19-6-1-4(2-18-22(12,13)14)17-3-5(6)8-21(9,10)11/h4-6,8H,1-3,7H2,(H,9,10,11)(H,12,13,14). The molecule has 1 aliphatic rings. The quantitative estimate of drug-likeness (QED) is 0.233. The summed E-state index contributed by atoms with van der Waals surface area (Å²) in [5, 5.41) is 0. The molecule has 0 amide bonds. The van der Waals surface area contributed by atoms with Crippen LogP contribution < -0.4 is 10.6 Å². The van der Waals surface area contributed by atoms with Gasteiger partial charge in [-0.05, 0) is 0 Å². The molecule has 3 atom stereocenters. The highest BCUT2D eigenvalue weighted by atomic mass is 32.3.